The summed E-state index contributed by atoms with van der Waals surface area (Å²) in [4.78, 5) is 33.8. The van der Waals surface area contributed by atoms with Gasteiger partial charge in [-0.3, -0.25) is 4.79 Å². The lowest BCUT2D eigenvalue weighted by Gasteiger charge is -2.17. The van der Waals surface area contributed by atoms with Crippen molar-refractivity contribution in [1.82, 2.24) is 5.32 Å². The van der Waals surface area contributed by atoms with E-state index in [-0.39, 0.29) is 25.4 Å². The van der Waals surface area contributed by atoms with Gasteiger partial charge in [0.05, 0.1) is 0 Å². The van der Waals surface area contributed by atoms with Gasteiger partial charge in [-0.25, -0.2) is 9.59 Å². The van der Waals surface area contributed by atoms with E-state index >= 15 is 0 Å². The summed E-state index contributed by atoms with van der Waals surface area (Å²) < 4.78 is 5.27. The Labute approximate surface area is 155 Å². The molecule has 0 bridgehead atoms. The number of benzene rings is 2. The Kier molecular flexibility index (Phi) is 5.40. The summed E-state index contributed by atoms with van der Waals surface area (Å²) in [7, 11) is 0. The van der Waals surface area contributed by atoms with Crippen LogP contribution >= 0.6 is 0 Å². The number of rotatable bonds is 7. The number of hydrogen-bond acceptors (Lipinski definition) is 4. The molecule has 7 heteroatoms. The number of carboxylic acid groups (broad SMARTS) is 2. The molecule has 2 aromatic rings. The van der Waals surface area contributed by atoms with E-state index in [1.54, 1.807) is 0 Å². The Morgan fingerprint density at radius 1 is 0.963 bits per heavy atom. The minimum absolute atomic E-state index is 0.0606. The molecule has 140 valence electrons. The molecule has 1 amide bonds. The van der Waals surface area contributed by atoms with Crippen molar-refractivity contribution in [3.8, 4) is 11.1 Å². The molecule has 3 N–H and O–H groups in total. The van der Waals surface area contributed by atoms with Crippen molar-refractivity contribution < 1.29 is 29.3 Å². The van der Waals surface area contributed by atoms with Crippen molar-refractivity contribution in [1.29, 1.82) is 0 Å². The zero-order valence-electron chi connectivity index (χ0n) is 14.4. The molecule has 0 aromatic heterocycles. The Hall–Kier alpha value is -3.35. The molecule has 0 unspecified atom stereocenters. The second kappa shape index (κ2) is 7.90. The van der Waals surface area contributed by atoms with Crippen LogP contribution in [0.15, 0.2) is 48.5 Å². The van der Waals surface area contributed by atoms with E-state index < -0.39 is 24.1 Å². The molecule has 7 nitrogen and oxygen atoms in total. The molecule has 1 aliphatic carbocycles. The summed E-state index contributed by atoms with van der Waals surface area (Å²) in [6, 6.07) is 14.4. The number of aliphatic carboxylic acids is 2. The lowest BCUT2D eigenvalue weighted by molar-refractivity contribution is -0.140. The van der Waals surface area contributed by atoms with Gasteiger partial charge in [0.25, 0.3) is 0 Å². The molecule has 0 saturated heterocycles. The van der Waals surface area contributed by atoms with E-state index in [1.165, 1.54) is 0 Å². The van der Waals surface area contributed by atoms with E-state index in [0.717, 1.165) is 22.3 Å². The molecule has 0 aliphatic heterocycles. The number of hydrogen-bond donors (Lipinski definition) is 3. The molecule has 1 aliphatic rings. The average molecular weight is 370 g/mol. The Bertz CT molecular complexity index is 833. The van der Waals surface area contributed by atoms with Crippen LogP contribution in [0.25, 0.3) is 11.1 Å². The van der Waals surface area contributed by atoms with Crippen molar-refractivity contribution in [2.75, 3.05) is 6.61 Å². The minimum atomic E-state index is -1.31. The van der Waals surface area contributed by atoms with E-state index in [1.807, 2.05) is 48.5 Å². The van der Waals surface area contributed by atoms with Crippen LogP contribution in [0.5, 0.6) is 0 Å². The number of carbonyl (C=O) groups is 3. The lowest BCUT2D eigenvalue weighted by atomic mass is 9.98. The fourth-order valence-corrected chi connectivity index (χ4v) is 3.31. The number of fused-ring (bicyclic) bond motifs is 3. The first kappa shape index (κ1) is 18.4. The smallest absolute Gasteiger partial charge is 0.407 e. The van der Waals surface area contributed by atoms with Gasteiger partial charge in [0.15, 0.2) is 0 Å². The Balaban J connectivity index is 1.67. The van der Waals surface area contributed by atoms with Crippen LogP contribution in [-0.2, 0) is 14.3 Å². The van der Waals surface area contributed by atoms with Gasteiger partial charge >= 0.3 is 18.0 Å². The second-order valence-corrected chi connectivity index (χ2v) is 6.29. The summed E-state index contributed by atoms with van der Waals surface area (Å²) in [6.45, 7) is 0.0606. The van der Waals surface area contributed by atoms with Gasteiger partial charge in [-0.1, -0.05) is 48.5 Å². The molecular weight excluding hydrogens is 351 g/mol. The Morgan fingerprint density at radius 3 is 2.04 bits per heavy atom. The first-order valence-corrected chi connectivity index (χ1v) is 8.53. The van der Waals surface area contributed by atoms with Crippen LogP contribution in [0.4, 0.5) is 4.79 Å². The third-order valence-corrected chi connectivity index (χ3v) is 4.58. The van der Waals surface area contributed by atoms with Gasteiger partial charge in [-0.15, -0.1) is 0 Å². The van der Waals surface area contributed by atoms with E-state index in [2.05, 4.69) is 5.32 Å². The minimum Gasteiger partial charge on any atom is -0.481 e. The van der Waals surface area contributed by atoms with Gasteiger partial charge in [-0.2, -0.15) is 0 Å². The predicted octanol–water partition coefficient (Wildman–Crippen LogP) is 2.84. The zero-order valence-corrected chi connectivity index (χ0v) is 14.4. The number of carboxylic acids is 2. The molecule has 0 fully saturated rings. The highest BCUT2D eigenvalue weighted by Gasteiger charge is 2.29. The van der Waals surface area contributed by atoms with Crippen molar-refractivity contribution in [3.63, 3.8) is 0 Å². The number of nitrogens with one attached hydrogen (secondary N) is 1. The van der Waals surface area contributed by atoms with Gasteiger partial charge in [-0.05, 0) is 28.7 Å². The largest absolute Gasteiger partial charge is 0.481 e. The van der Waals surface area contributed by atoms with Gasteiger partial charge in [0.2, 0.25) is 0 Å². The van der Waals surface area contributed by atoms with Crippen LogP contribution in [-0.4, -0.2) is 40.9 Å². The number of ether oxygens (including phenoxy) is 1. The van der Waals surface area contributed by atoms with E-state index in [0.29, 0.717) is 0 Å². The fourth-order valence-electron chi connectivity index (χ4n) is 3.31. The van der Waals surface area contributed by atoms with Crippen LogP contribution in [0.2, 0.25) is 0 Å². The first-order chi connectivity index (χ1) is 13.0. The number of alkyl carbamates (subject to hydrolysis) is 1. The van der Waals surface area contributed by atoms with Gasteiger partial charge in [0, 0.05) is 12.3 Å². The topological polar surface area (TPSA) is 113 Å². The maximum Gasteiger partial charge on any atom is 0.407 e. The van der Waals surface area contributed by atoms with Crippen LogP contribution in [0.1, 0.15) is 29.9 Å². The van der Waals surface area contributed by atoms with Crippen LogP contribution in [0.3, 0.4) is 0 Å². The molecule has 3 rings (SSSR count). The van der Waals surface area contributed by atoms with Crippen LogP contribution in [0, 0.1) is 0 Å². The summed E-state index contributed by atoms with van der Waals surface area (Å²) in [6.07, 6.45) is -1.45. The molecule has 27 heavy (non-hydrogen) atoms. The van der Waals surface area contributed by atoms with Crippen molar-refractivity contribution in [3.05, 3.63) is 59.7 Å². The Morgan fingerprint density at radius 2 is 1.52 bits per heavy atom. The van der Waals surface area contributed by atoms with E-state index in [9.17, 15) is 14.4 Å². The highest BCUT2D eigenvalue weighted by Crippen LogP contribution is 2.44. The number of amides is 1. The third-order valence-electron chi connectivity index (χ3n) is 4.58. The molecule has 0 saturated carbocycles. The van der Waals surface area contributed by atoms with Crippen molar-refractivity contribution in [2.24, 2.45) is 0 Å². The van der Waals surface area contributed by atoms with Crippen molar-refractivity contribution in [2.45, 2.75) is 24.8 Å². The summed E-state index contributed by atoms with van der Waals surface area (Å²) in [5.41, 5.74) is 4.28. The maximum atomic E-state index is 12.0. The lowest BCUT2D eigenvalue weighted by Crippen LogP contribution is -2.41. The molecule has 2 aromatic carbocycles. The maximum absolute atomic E-state index is 12.0. The molecule has 0 radical (unpaired) electrons. The normalized spacial score (nSPS) is 13.3. The van der Waals surface area contributed by atoms with Crippen molar-refractivity contribution >= 4 is 18.0 Å². The quantitative estimate of drug-likeness (QED) is 0.646. The highest BCUT2D eigenvalue weighted by molar-refractivity contribution is 5.81. The van der Waals surface area contributed by atoms with Crippen LogP contribution < -0.4 is 5.32 Å². The third kappa shape index (κ3) is 4.08. The number of carbonyl (C=O) groups excluding carboxylic acids is 1. The highest BCUT2D eigenvalue weighted by atomic mass is 16.5. The summed E-state index contributed by atoms with van der Waals surface area (Å²) in [5, 5.41) is 20.0. The monoisotopic (exact) mass is 370 g/mol. The SMILES string of the molecule is O=C(N[C@@H](CC[13C](=O)O)C(=O)O)OCC1c2ccccc2-c2ccccc21. The summed E-state index contributed by atoms with van der Waals surface area (Å²) >= 11 is 0. The van der Waals surface area contributed by atoms with Gasteiger partial charge < -0.3 is 20.3 Å². The fraction of sp³-hybridized carbons (Fsp3) is 0.250. The standard InChI is InChI=1S/C20H19NO6/c22-18(23)10-9-17(19(24)25)21-20(26)27-11-16-14-7-3-1-5-12(14)13-6-2-4-8-15(13)16/h1-8,16-17H,9-11H2,(H,21,26)(H,22,23)(H,24,25)/t17-/m0/s1/i18+1. The molecule has 0 heterocycles. The first-order valence-electron chi connectivity index (χ1n) is 8.53. The van der Waals surface area contributed by atoms with Gasteiger partial charge in [0.1, 0.15) is 12.6 Å². The summed E-state index contributed by atoms with van der Waals surface area (Å²) in [5.74, 6) is -2.56. The molecular formula is C20H19NO6. The predicted molar refractivity (Wildman–Crippen MR) is 96.5 cm³/mol. The second-order valence-electron chi connectivity index (χ2n) is 6.29. The average Bonchev–Trinajstić information content (AvgIpc) is 2.97. The molecule has 1 atom stereocenters. The van der Waals surface area contributed by atoms with E-state index in [4.69, 9.17) is 14.9 Å². The molecule has 0 spiro atoms. The zero-order chi connectivity index (χ0) is 19.4.